The van der Waals surface area contributed by atoms with E-state index in [9.17, 15) is 0 Å². The van der Waals surface area contributed by atoms with Gasteiger partial charge in [0.2, 0.25) is 5.95 Å². The number of halogens is 1. The number of hydrogen-bond acceptors (Lipinski definition) is 7. The lowest BCUT2D eigenvalue weighted by atomic mass is 10.3. The van der Waals surface area contributed by atoms with Crippen molar-refractivity contribution in [1.82, 2.24) is 25.1 Å². The predicted molar refractivity (Wildman–Crippen MR) is 101 cm³/mol. The number of rotatable bonds is 5. The van der Waals surface area contributed by atoms with E-state index in [1.54, 1.807) is 17.5 Å². The van der Waals surface area contributed by atoms with E-state index in [0.29, 0.717) is 17.6 Å². The second-order valence-electron chi connectivity index (χ2n) is 5.43. The molecule has 0 saturated carbocycles. The molecule has 0 amide bonds. The molecule has 0 aromatic carbocycles. The summed E-state index contributed by atoms with van der Waals surface area (Å²) in [5.74, 6) is 1.98. The lowest BCUT2D eigenvalue weighted by Gasteiger charge is -2.09. The Kier molecular flexibility index (Phi) is 4.21. The molecule has 0 saturated heterocycles. The molecule has 0 atom stereocenters. The first-order valence-corrected chi connectivity index (χ1v) is 8.82. The molecule has 0 bridgehead atoms. The molecule has 0 radical (unpaired) electrons. The molecule has 25 heavy (non-hydrogen) atoms. The van der Waals surface area contributed by atoms with E-state index >= 15 is 0 Å². The van der Waals surface area contributed by atoms with Gasteiger partial charge in [0.15, 0.2) is 11.6 Å². The number of aromatic nitrogens is 5. The molecule has 0 aliphatic heterocycles. The van der Waals surface area contributed by atoms with Crippen LogP contribution in [0.25, 0.3) is 10.2 Å². The molecule has 4 heterocycles. The van der Waals surface area contributed by atoms with Gasteiger partial charge in [0.25, 0.3) is 0 Å². The van der Waals surface area contributed by atoms with Crippen molar-refractivity contribution in [2.75, 3.05) is 10.6 Å². The van der Waals surface area contributed by atoms with Gasteiger partial charge in [-0.25, -0.2) is 9.97 Å². The van der Waals surface area contributed by atoms with Gasteiger partial charge in [-0.05, 0) is 36.1 Å². The smallest absolute Gasteiger partial charge is 0.225 e. The maximum Gasteiger partial charge on any atom is 0.225 e. The Hall–Kier alpha value is -2.71. The lowest BCUT2D eigenvalue weighted by molar-refractivity contribution is 1.04. The van der Waals surface area contributed by atoms with Crippen LogP contribution in [-0.2, 0) is 6.54 Å². The van der Waals surface area contributed by atoms with Gasteiger partial charge in [0, 0.05) is 24.5 Å². The molecule has 9 heteroatoms. The van der Waals surface area contributed by atoms with E-state index in [1.807, 2.05) is 36.6 Å². The predicted octanol–water partition coefficient (Wildman–Crippen LogP) is 4.13. The van der Waals surface area contributed by atoms with Crippen LogP contribution in [0.15, 0.2) is 35.8 Å². The molecule has 4 aromatic rings. The molecule has 126 valence electrons. The number of anilines is 3. The summed E-state index contributed by atoms with van der Waals surface area (Å²) >= 11 is 7.51. The van der Waals surface area contributed by atoms with E-state index in [0.717, 1.165) is 33.1 Å². The Balaban J connectivity index is 1.61. The Morgan fingerprint density at radius 3 is 2.96 bits per heavy atom. The Morgan fingerprint density at radius 1 is 1.24 bits per heavy atom. The summed E-state index contributed by atoms with van der Waals surface area (Å²) in [7, 11) is 0. The fourth-order valence-corrected chi connectivity index (χ4v) is 3.34. The maximum absolute atomic E-state index is 5.92. The monoisotopic (exact) mass is 371 g/mol. The highest BCUT2D eigenvalue weighted by Crippen LogP contribution is 2.29. The van der Waals surface area contributed by atoms with E-state index in [-0.39, 0.29) is 0 Å². The lowest BCUT2D eigenvalue weighted by Crippen LogP contribution is -2.05. The molecule has 4 aromatic heterocycles. The van der Waals surface area contributed by atoms with Crippen LogP contribution in [0.5, 0.6) is 0 Å². The number of aromatic amines is 1. The molecule has 3 N–H and O–H groups in total. The number of H-pyrrole nitrogens is 1. The standard InChI is InChI=1S/C16H14ClN7S/c1-9-6-13(24-23-9)21-15-14-11(3-5-25-14)20-16(22-15)19-8-10-2-4-18-12(17)7-10/h2-7H,8H2,1H3,(H3,19,20,21,22,23,24). The van der Waals surface area contributed by atoms with Crippen LogP contribution in [0.3, 0.4) is 0 Å². The van der Waals surface area contributed by atoms with Gasteiger partial charge in [-0.15, -0.1) is 11.3 Å². The molecular weight excluding hydrogens is 358 g/mol. The van der Waals surface area contributed by atoms with Crippen LogP contribution in [-0.4, -0.2) is 25.1 Å². The largest absolute Gasteiger partial charge is 0.350 e. The Labute approximate surface area is 152 Å². The van der Waals surface area contributed by atoms with Crippen LogP contribution in [0.2, 0.25) is 5.15 Å². The highest BCUT2D eigenvalue weighted by atomic mass is 35.5. The number of aryl methyl sites for hydroxylation is 1. The van der Waals surface area contributed by atoms with Crippen molar-refractivity contribution in [1.29, 1.82) is 0 Å². The van der Waals surface area contributed by atoms with E-state index in [4.69, 9.17) is 11.6 Å². The topological polar surface area (TPSA) is 91.4 Å². The van der Waals surface area contributed by atoms with Gasteiger partial charge in [0.05, 0.1) is 10.2 Å². The average Bonchev–Trinajstić information content (AvgIpc) is 3.22. The first kappa shape index (κ1) is 15.8. The zero-order valence-corrected chi connectivity index (χ0v) is 14.8. The SMILES string of the molecule is Cc1cc(Nc2nc(NCc3ccnc(Cl)c3)nc3ccsc23)n[nH]1. The highest BCUT2D eigenvalue weighted by Gasteiger charge is 2.11. The normalized spacial score (nSPS) is 11.0. The molecule has 7 nitrogen and oxygen atoms in total. The zero-order valence-electron chi connectivity index (χ0n) is 13.2. The van der Waals surface area contributed by atoms with Gasteiger partial charge in [0.1, 0.15) is 5.15 Å². The Bertz CT molecular complexity index is 1030. The van der Waals surface area contributed by atoms with E-state index in [2.05, 4.69) is 35.8 Å². The molecule has 0 spiro atoms. The van der Waals surface area contributed by atoms with Gasteiger partial charge in [-0.2, -0.15) is 10.1 Å². The summed E-state index contributed by atoms with van der Waals surface area (Å²) in [6.45, 7) is 2.50. The summed E-state index contributed by atoms with van der Waals surface area (Å²) in [5, 5.41) is 16.0. The minimum absolute atomic E-state index is 0.463. The zero-order chi connectivity index (χ0) is 17.2. The maximum atomic E-state index is 5.92. The highest BCUT2D eigenvalue weighted by molar-refractivity contribution is 7.17. The van der Waals surface area contributed by atoms with Gasteiger partial charge in [-0.3, -0.25) is 5.10 Å². The molecule has 0 aliphatic carbocycles. The van der Waals surface area contributed by atoms with Crippen molar-refractivity contribution in [3.05, 3.63) is 52.3 Å². The third kappa shape index (κ3) is 3.54. The van der Waals surface area contributed by atoms with Crippen molar-refractivity contribution < 1.29 is 0 Å². The van der Waals surface area contributed by atoms with Crippen LogP contribution >= 0.6 is 22.9 Å². The quantitative estimate of drug-likeness (QED) is 0.457. The fraction of sp³-hybridized carbons (Fsp3) is 0.125. The fourth-order valence-electron chi connectivity index (χ4n) is 2.36. The third-order valence-corrected chi connectivity index (χ3v) is 4.61. The first-order valence-electron chi connectivity index (χ1n) is 7.56. The third-order valence-electron chi connectivity index (χ3n) is 3.50. The van der Waals surface area contributed by atoms with Gasteiger partial charge >= 0.3 is 0 Å². The number of nitrogens with one attached hydrogen (secondary N) is 3. The summed E-state index contributed by atoms with van der Waals surface area (Å²) in [6, 6.07) is 7.60. The summed E-state index contributed by atoms with van der Waals surface area (Å²) in [5.41, 5.74) is 2.86. The van der Waals surface area contributed by atoms with Crippen LogP contribution in [0, 0.1) is 6.92 Å². The number of nitrogens with zero attached hydrogens (tertiary/aromatic N) is 4. The Morgan fingerprint density at radius 2 is 2.16 bits per heavy atom. The van der Waals surface area contributed by atoms with Crippen molar-refractivity contribution in [3.8, 4) is 0 Å². The van der Waals surface area contributed by atoms with Crippen LogP contribution in [0.1, 0.15) is 11.3 Å². The van der Waals surface area contributed by atoms with Gasteiger partial charge < -0.3 is 10.6 Å². The van der Waals surface area contributed by atoms with Crippen molar-refractivity contribution in [2.24, 2.45) is 0 Å². The molecule has 0 fully saturated rings. The summed E-state index contributed by atoms with van der Waals surface area (Å²) in [6.07, 6.45) is 1.68. The minimum atomic E-state index is 0.463. The minimum Gasteiger partial charge on any atom is -0.350 e. The molecule has 0 aliphatic rings. The average molecular weight is 372 g/mol. The molecular formula is C16H14ClN7S. The van der Waals surface area contributed by atoms with Crippen LogP contribution in [0.4, 0.5) is 17.6 Å². The number of hydrogen-bond donors (Lipinski definition) is 3. The van der Waals surface area contributed by atoms with Crippen LogP contribution < -0.4 is 10.6 Å². The summed E-state index contributed by atoms with van der Waals surface area (Å²) < 4.78 is 0.984. The number of pyridine rings is 1. The number of fused-ring (bicyclic) bond motifs is 1. The first-order chi connectivity index (χ1) is 12.2. The van der Waals surface area contributed by atoms with Crippen molar-refractivity contribution in [3.63, 3.8) is 0 Å². The molecule has 0 unspecified atom stereocenters. The van der Waals surface area contributed by atoms with Crippen molar-refractivity contribution >= 4 is 50.7 Å². The van der Waals surface area contributed by atoms with Gasteiger partial charge in [-0.1, -0.05) is 11.6 Å². The van der Waals surface area contributed by atoms with E-state index < -0.39 is 0 Å². The van der Waals surface area contributed by atoms with Crippen molar-refractivity contribution in [2.45, 2.75) is 13.5 Å². The summed E-state index contributed by atoms with van der Waals surface area (Å²) in [4.78, 5) is 13.1. The second kappa shape index (κ2) is 6.66. The second-order valence-corrected chi connectivity index (χ2v) is 6.74. The molecule has 4 rings (SSSR count). The van der Waals surface area contributed by atoms with E-state index in [1.165, 1.54) is 0 Å². The number of thiophene rings is 1.